The first kappa shape index (κ1) is 16.4. The first-order valence-electron chi connectivity index (χ1n) is 7.15. The number of nitrogens with zero attached hydrogens (tertiary/aromatic N) is 2. The molecule has 2 rings (SSSR count). The lowest BCUT2D eigenvalue weighted by molar-refractivity contribution is 0.178. The number of ether oxygens (including phenoxy) is 1. The van der Waals surface area contributed by atoms with Crippen LogP contribution in [0.15, 0.2) is 4.90 Å². The summed E-state index contributed by atoms with van der Waals surface area (Å²) in [5.41, 5.74) is 6.12. The smallest absolute Gasteiger partial charge is 0.244 e. The molecule has 0 saturated carbocycles. The first-order valence-corrected chi connectivity index (χ1v) is 8.63. The van der Waals surface area contributed by atoms with Gasteiger partial charge in [-0.25, -0.2) is 13.1 Å². The molecule has 1 unspecified atom stereocenters. The number of nitrogens with one attached hydrogen (secondary N) is 1. The van der Waals surface area contributed by atoms with E-state index in [9.17, 15) is 8.42 Å². The van der Waals surface area contributed by atoms with Crippen LogP contribution in [-0.4, -0.2) is 43.5 Å². The lowest BCUT2D eigenvalue weighted by Gasteiger charge is -2.23. The third-order valence-electron chi connectivity index (χ3n) is 3.76. The van der Waals surface area contributed by atoms with Gasteiger partial charge >= 0.3 is 0 Å². The molecule has 0 amide bonds. The zero-order valence-electron chi connectivity index (χ0n) is 12.8. The summed E-state index contributed by atoms with van der Waals surface area (Å²) < 4.78 is 35.1. The van der Waals surface area contributed by atoms with E-state index in [1.807, 2.05) is 6.92 Å². The van der Waals surface area contributed by atoms with Crippen LogP contribution in [-0.2, 0) is 21.3 Å². The van der Waals surface area contributed by atoms with E-state index in [0.717, 1.165) is 6.42 Å². The van der Waals surface area contributed by atoms with Crippen LogP contribution in [0.3, 0.4) is 0 Å². The van der Waals surface area contributed by atoms with Crippen molar-refractivity contribution in [3.63, 3.8) is 0 Å². The Morgan fingerprint density at radius 3 is 2.76 bits per heavy atom. The van der Waals surface area contributed by atoms with Crippen LogP contribution in [0.1, 0.15) is 31.2 Å². The molecule has 7 nitrogen and oxygen atoms in total. The Bertz CT molecular complexity index is 603. The minimum Gasteiger partial charge on any atom is -0.379 e. The largest absolute Gasteiger partial charge is 0.379 e. The molecule has 3 N–H and O–H groups in total. The van der Waals surface area contributed by atoms with Crippen LogP contribution < -0.4 is 10.5 Å². The van der Waals surface area contributed by atoms with Gasteiger partial charge in [0.25, 0.3) is 0 Å². The normalized spacial score (nSPS) is 22.9. The van der Waals surface area contributed by atoms with Crippen molar-refractivity contribution >= 4 is 10.0 Å². The highest BCUT2D eigenvalue weighted by Crippen LogP contribution is 2.25. The Morgan fingerprint density at radius 1 is 1.48 bits per heavy atom. The molecule has 0 aromatic carbocycles. The number of nitrogens with two attached hydrogens (primary N) is 1. The van der Waals surface area contributed by atoms with Gasteiger partial charge in [0, 0.05) is 13.2 Å². The highest BCUT2D eigenvalue weighted by Gasteiger charge is 2.36. The van der Waals surface area contributed by atoms with E-state index in [1.54, 1.807) is 18.5 Å². The van der Waals surface area contributed by atoms with E-state index in [4.69, 9.17) is 10.5 Å². The second-order valence-corrected chi connectivity index (χ2v) is 7.45. The van der Waals surface area contributed by atoms with Crippen molar-refractivity contribution in [2.24, 2.45) is 5.73 Å². The van der Waals surface area contributed by atoms with Crippen LogP contribution >= 0.6 is 0 Å². The lowest BCUT2D eigenvalue weighted by Crippen LogP contribution is -2.46. The maximum atomic E-state index is 12.7. The predicted octanol–water partition coefficient (Wildman–Crippen LogP) is 0.306. The summed E-state index contributed by atoms with van der Waals surface area (Å²) in [6.07, 6.45) is 1.44. The average molecular weight is 316 g/mol. The van der Waals surface area contributed by atoms with E-state index in [1.165, 1.54) is 0 Å². The van der Waals surface area contributed by atoms with Crippen molar-refractivity contribution in [1.29, 1.82) is 0 Å². The number of hydrogen-bond acceptors (Lipinski definition) is 5. The van der Waals surface area contributed by atoms with Gasteiger partial charge in [-0.1, -0.05) is 0 Å². The molecule has 21 heavy (non-hydrogen) atoms. The Labute approximate surface area is 125 Å². The summed E-state index contributed by atoms with van der Waals surface area (Å²) in [5, 5.41) is 4.32. The Kier molecular flexibility index (Phi) is 4.72. The minimum atomic E-state index is -3.61. The monoisotopic (exact) mass is 316 g/mol. The average Bonchev–Trinajstić information content (AvgIpc) is 2.90. The second kappa shape index (κ2) is 6.04. The topological polar surface area (TPSA) is 99.2 Å². The van der Waals surface area contributed by atoms with Crippen LogP contribution in [0.25, 0.3) is 0 Å². The van der Waals surface area contributed by atoms with Crippen LogP contribution in [0, 0.1) is 13.8 Å². The highest BCUT2D eigenvalue weighted by atomic mass is 32.2. The summed E-state index contributed by atoms with van der Waals surface area (Å²) in [7, 11) is -3.61. The number of aromatic nitrogens is 2. The fourth-order valence-corrected chi connectivity index (χ4v) is 4.49. The molecular weight excluding hydrogens is 292 g/mol. The molecule has 0 bridgehead atoms. The number of sulfonamides is 1. The number of hydrogen-bond donors (Lipinski definition) is 2. The highest BCUT2D eigenvalue weighted by molar-refractivity contribution is 7.89. The van der Waals surface area contributed by atoms with Crippen LogP contribution in [0.5, 0.6) is 0 Å². The van der Waals surface area contributed by atoms with E-state index >= 15 is 0 Å². The van der Waals surface area contributed by atoms with Gasteiger partial charge in [-0.2, -0.15) is 5.10 Å². The van der Waals surface area contributed by atoms with Crippen molar-refractivity contribution in [2.45, 2.75) is 50.6 Å². The Balaban J connectivity index is 2.29. The minimum absolute atomic E-state index is 0.271. The van der Waals surface area contributed by atoms with E-state index in [0.29, 0.717) is 44.1 Å². The Morgan fingerprint density at radius 2 is 2.19 bits per heavy atom. The molecule has 1 fully saturated rings. The van der Waals surface area contributed by atoms with Crippen molar-refractivity contribution in [3.8, 4) is 0 Å². The second-order valence-electron chi connectivity index (χ2n) is 5.83. The van der Waals surface area contributed by atoms with E-state index < -0.39 is 15.6 Å². The van der Waals surface area contributed by atoms with Gasteiger partial charge in [-0.05, 0) is 40.2 Å². The van der Waals surface area contributed by atoms with Crippen LogP contribution in [0.2, 0.25) is 0 Å². The molecule has 0 radical (unpaired) electrons. The summed E-state index contributed by atoms with van der Waals surface area (Å²) >= 11 is 0. The van der Waals surface area contributed by atoms with Crippen molar-refractivity contribution in [3.05, 3.63) is 11.4 Å². The number of aryl methyl sites for hydroxylation is 2. The first-order chi connectivity index (χ1) is 9.79. The van der Waals surface area contributed by atoms with Gasteiger partial charge in [-0.15, -0.1) is 0 Å². The van der Waals surface area contributed by atoms with Gasteiger partial charge in [-0.3, -0.25) is 4.68 Å². The fraction of sp³-hybridized carbons (Fsp3) is 0.769. The summed E-state index contributed by atoms with van der Waals surface area (Å²) in [5.74, 6) is 0. The SMILES string of the molecule is Cc1nn(CCCN)c(C)c1S(=O)(=O)NC1(C)CCOC1. The molecule has 0 aliphatic carbocycles. The van der Waals surface area contributed by atoms with Crippen molar-refractivity contribution in [1.82, 2.24) is 14.5 Å². The van der Waals surface area contributed by atoms with Crippen LogP contribution in [0.4, 0.5) is 0 Å². The molecular formula is C13H24N4O3S. The molecule has 120 valence electrons. The maximum Gasteiger partial charge on any atom is 0.244 e. The molecule has 0 spiro atoms. The summed E-state index contributed by atoms with van der Waals surface area (Å²) in [4.78, 5) is 0.271. The maximum absolute atomic E-state index is 12.7. The lowest BCUT2D eigenvalue weighted by atomic mass is 10.0. The van der Waals surface area contributed by atoms with Gasteiger partial charge < -0.3 is 10.5 Å². The molecule has 1 aliphatic heterocycles. The summed E-state index contributed by atoms with van der Waals surface area (Å²) in [6.45, 7) is 7.50. The standard InChI is InChI=1S/C13H24N4O3S/c1-10-12(11(2)17(15-10)7-4-6-14)21(18,19)16-13(3)5-8-20-9-13/h16H,4-9,14H2,1-3H3. The molecule has 1 aliphatic rings. The van der Waals surface area contributed by atoms with Gasteiger partial charge in [0.2, 0.25) is 10.0 Å². The summed E-state index contributed by atoms with van der Waals surface area (Å²) in [6, 6.07) is 0. The van der Waals surface area contributed by atoms with Crippen molar-refractivity contribution in [2.75, 3.05) is 19.8 Å². The third-order valence-corrected chi connectivity index (χ3v) is 5.65. The predicted molar refractivity (Wildman–Crippen MR) is 79.5 cm³/mol. The Hall–Kier alpha value is -0.960. The quantitative estimate of drug-likeness (QED) is 0.786. The fourth-order valence-electron chi connectivity index (χ4n) is 2.65. The van der Waals surface area contributed by atoms with Gasteiger partial charge in [0.1, 0.15) is 4.90 Å². The van der Waals surface area contributed by atoms with Gasteiger partial charge in [0.15, 0.2) is 0 Å². The third kappa shape index (κ3) is 3.45. The molecule has 1 atom stereocenters. The van der Waals surface area contributed by atoms with Gasteiger partial charge in [0.05, 0.1) is 23.5 Å². The molecule has 1 saturated heterocycles. The number of rotatable bonds is 6. The molecule has 8 heteroatoms. The molecule has 1 aromatic rings. The van der Waals surface area contributed by atoms with E-state index in [2.05, 4.69) is 9.82 Å². The van der Waals surface area contributed by atoms with Crippen molar-refractivity contribution < 1.29 is 13.2 Å². The molecule has 2 heterocycles. The van der Waals surface area contributed by atoms with E-state index in [-0.39, 0.29) is 4.90 Å². The zero-order valence-corrected chi connectivity index (χ0v) is 13.7. The molecule has 1 aromatic heterocycles. The zero-order chi connectivity index (χ0) is 15.7.